The summed E-state index contributed by atoms with van der Waals surface area (Å²) in [5.41, 5.74) is 2.29. The van der Waals surface area contributed by atoms with Crippen LogP contribution in [0, 0.1) is 5.41 Å². The van der Waals surface area contributed by atoms with E-state index in [1.807, 2.05) is 0 Å². The first-order valence-corrected chi connectivity index (χ1v) is 17.0. The van der Waals surface area contributed by atoms with Crippen molar-refractivity contribution in [3.8, 4) is 11.1 Å². The van der Waals surface area contributed by atoms with Crippen LogP contribution in [0.15, 0.2) is 33.8 Å². The molecule has 2 fully saturated rings. The molecule has 5 heterocycles. The van der Waals surface area contributed by atoms with Gasteiger partial charge in [-0.1, -0.05) is 6.58 Å². The highest BCUT2D eigenvalue weighted by atomic mass is 32.2. The van der Waals surface area contributed by atoms with Crippen LogP contribution in [0.25, 0.3) is 22.0 Å². The van der Waals surface area contributed by atoms with Crippen LogP contribution in [0.4, 0.5) is 32.2 Å². The van der Waals surface area contributed by atoms with Gasteiger partial charge in [-0.3, -0.25) is 24.5 Å². The highest BCUT2D eigenvalue weighted by Gasteiger charge is 2.49. The van der Waals surface area contributed by atoms with Crippen LogP contribution in [-0.2, 0) is 17.5 Å². The van der Waals surface area contributed by atoms with Gasteiger partial charge in [0, 0.05) is 82.8 Å². The number of rotatable bonds is 6. The highest BCUT2D eigenvalue weighted by Crippen LogP contribution is 2.52. The molecule has 0 aliphatic carbocycles. The first-order chi connectivity index (χ1) is 22.9. The second-order valence-electron chi connectivity index (χ2n) is 12.8. The lowest BCUT2D eigenvalue weighted by atomic mass is 9.81. The van der Waals surface area contributed by atoms with Crippen LogP contribution in [0.5, 0.6) is 0 Å². The Balaban J connectivity index is 1.62. The summed E-state index contributed by atoms with van der Waals surface area (Å²) in [5, 5.41) is 7.06. The second-order valence-corrected chi connectivity index (χ2v) is 14.7. The van der Waals surface area contributed by atoms with Gasteiger partial charge in [0.2, 0.25) is 5.91 Å². The third-order valence-electron chi connectivity index (χ3n) is 9.18. The summed E-state index contributed by atoms with van der Waals surface area (Å²) >= 11 is 1.93. The Labute approximate surface area is 284 Å². The van der Waals surface area contributed by atoms with Gasteiger partial charge in [0.05, 0.1) is 23.2 Å². The number of primary amides is 1. The van der Waals surface area contributed by atoms with Crippen LogP contribution in [0.2, 0.25) is 0 Å². The molecule has 18 heteroatoms. The molecule has 0 saturated carbocycles. The molecule has 0 radical (unpaired) electrons. The lowest BCUT2D eigenvalue weighted by molar-refractivity contribution is -0.168. The number of halogens is 6. The van der Waals surface area contributed by atoms with Crippen LogP contribution < -0.4 is 21.7 Å². The zero-order chi connectivity index (χ0) is 35.8. The lowest BCUT2D eigenvalue weighted by Gasteiger charge is -2.50. The molecular weight excluding hydrogens is 697 g/mol. The minimum absolute atomic E-state index is 0.00561. The van der Waals surface area contributed by atoms with Crippen LogP contribution in [0.1, 0.15) is 34.6 Å². The number of carbonyl (C=O) groups is 2. The van der Waals surface area contributed by atoms with Gasteiger partial charge in [0.1, 0.15) is 10.7 Å². The normalized spacial score (nSPS) is 21.1. The summed E-state index contributed by atoms with van der Waals surface area (Å²) in [6.07, 6.45) is -7.18. The number of anilines is 1. The first kappa shape index (κ1) is 34.9. The molecule has 0 bridgehead atoms. The van der Waals surface area contributed by atoms with Crippen molar-refractivity contribution in [3.63, 3.8) is 0 Å². The lowest BCUT2D eigenvalue weighted by Crippen LogP contribution is -2.61. The zero-order valence-corrected chi connectivity index (χ0v) is 28.0. The summed E-state index contributed by atoms with van der Waals surface area (Å²) in [6, 6.07) is 0.0614. The SMILES string of the molecule is C=CC(=O)N1[C@H](C)CN(c2nc(=O)n3c4c(c(-c5csc(C=[NH2+])c5C(N)=O)c(C(F)(F)F)cc24)SCC2(CN(CC(F)(F)F)C2)C3)C[C@@H]1C. The molecule has 3 aliphatic rings. The summed E-state index contributed by atoms with van der Waals surface area (Å²) in [4.78, 5) is 48.2. The number of likely N-dealkylation sites (tertiary alicyclic amines) is 1. The smallest absolute Gasteiger partial charge is 0.366 e. The fourth-order valence-electron chi connectivity index (χ4n) is 7.45. The highest BCUT2D eigenvalue weighted by molar-refractivity contribution is 7.99. The predicted octanol–water partition coefficient (Wildman–Crippen LogP) is 3.00. The molecule has 10 nitrogen and oxygen atoms in total. The molecule has 0 unspecified atom stereocenters. The summed E-state index contributed by atoms with van der Waals surface area (Å²) < 4.78 is 86.5. The van der Waals surface area contributed by atoms with E-state index < -0.39 is 53.6 Å². The Morgan fingerprint density at radius 3 is 2.35 bits per heavy atom. The van der Waals surface area contributed by atoms with Crippen LogP contribution >= 0.6 is 23.1 Å². The van der Waals surface area contributed by atoms with E-state index in [0.717, 1.165) is 35.4 Å². The van der Waals surface area contributed by atoms with Gasteiger partial charge < -0.3 is 15.5 Å². The van der Waals surface area contributed by atoms with E-state index >= 15 is 13.2 Å². The topological polar surface area (TPSA) is 130 Å². The Kier molecular flexibility index (Phi) is 8.67. The van der Waals surface area contributed by atoms with E-state index in [0.29, 0.717) is 0 Å². The van der Waals surface area contributed by atoms with E-state index in [9.17, 15) is 27.6 Å². The molecule has 3 aromatic rings. The summed E-state index contributed by atoms with van der Waals surface area (Å²) in [5.74, 6) is -1.25. The Hall–Kier alpha value is -3.90. The number of nitrogens with two attached hydrogens (primary N) is 2. The van der Waals surface area contributed by atoms with Crippen molar-refractivity contribution in [1.29, 1.82) is 0 Å². The largest absolute Gasteiger partial charge is 0.417 e. The number of thiophene rings is 1. The maximum atomic E-state index is 15.2. The number of piperazine rings is 1. The number of carbonyl (C=O) groups excluding carboxylic acids is 2. The number of hydrogen-bond acceptors (Lipinski definition) is 8. The number of hydrogen-bond donors (Lipinski definition) is 2. The molecule has 6 rings (SSSR count). The average Bonchev–Trinajstić information content (AvgIpc) is 3.33. The van der Waals surface area contributed by atoms with Gasteiger partial charge in [-0.15, -0.1) is 23.1 Å². The quantitative estimate of drug-likeness (QED) is 0.227. The molecule has 2 aromatic heterocycles. The third kappa shape index (κ3) is 6.11. The Morgan fingerprint density at radius 1 is 1.14 bits per heavy atom. The first-order valence-electron chi connectivity index (χ1n) is 15.1. The van der Waals surface area contributed by atoms with Crippen molar-refractivity contribution in [2.75, 3.05) is 43.4 Å². The third-order valence-corrected chi connectivity index (χ3v) is 11.6. The van der Waals surface area contributed by atoms with Gasteiger partial charge in [-0.05, 0) is 26.0 Å². The molecule has 3 aliphatic heterocycles. The van der Waals surface area contributed by atoms with E-state index in [1.54, 1.807) is 23.6 Å². The standard InChI is InChI=1S/C31H31F6N7O3S2/c1-4-21(45)44-15(2)7-42(8-16(44)3)27-17-5-19(31(35,36)37)22(18-9-48-20(6-38)23(18)26(39)46)25-24(17)43(28(47)40-27)12-29(14-49-25)10-41(11-29)13-30(32,33)34/h4-6,9,15-16,38H,1,7-8,10-14H2,2-3H3,(H2,39,46)/p+1/t15-,16+. The molecule has 1 spiro atoms. The van der Waals surface area contributed by atoms with Crippen LogP contribution in [-0.4, -0.2) is 94.1 Å². The van der Waals surface area contributed by atoms with Crippen molar-refractivity contribution in [1.82, 2.24) is 19.4 Å². The van der Waals surface area contributed by atoms with Gasteiger partial charge in [-0.25, -0.2) is 4.79 Å². The minimum atomic E-state index is -4.97. The summed E-state index contributed by atoms with van der Waals surface area (Å²) in [7, 11) is 0. The Bertz CT molecular complexity index is 1940. The zero-order valence-electron chi connectivity index (χ0n) is 26.3. The van der Waals surface area contributed by atoms with E-state index in [1.165, 1.54) is 20.9 Å². The van der Waals surface area contributed by atoms with Gasteiger partial charge in [-0.2, -0.15) is 31.3 Å². The molecule has 262 valence electrons. The molecule has 4 N–H and O–H groups in total. The van der Waals surface area contributed by atoms with E-state index in [2.05, 4.69) is 11.6 Å². The van der Waals surface area contributed by atoms with Crippen molar-refractivity contribution in [3.05, 3.63) is 50.6 Å². The number of nitrogens with zero attached hydrogens (tertiary/aromatic N) is 5. The number of alkyl halides is 6. The monoisotopic (exact) mass is 728 g/mol. The maximum Gasteiger partial charge on any atom is 0.417 e. The predicted molar refractivity (Wildman–Crippen MR) is 174 cm³/mol. The molecule has 1 aromatic carbocycles. The fourth-order valence-corrected chi connectivity index (χ4v) is 9.78. The average molecular weight is 729 g/mol. The van der Waals surface area contributed by atoms with Gasteiger partial charge in [0.25, 0.3) is 5.91 Å². The van der Waals surface area contributed by atoms with Gasteiger partial charge >= 0.3 is 18.0 Å². The molecule has 2 amide bonds. The number of benzene rings is 1. The molecule has 2 atom stereocenters. The fraction of sp³-hybridized carbons (Fsp3) is 0.452. The maximum absolute atomic E-state index is 15.2. The second kappa shape index (κ2) is 12.2. The molecular formula is C31H32F6N7O3S2+. The van der Waals surface area contributed by atoms with Crippen molar-refractivity contribution < 1.29 is 41.3 Å². The molecule has 49 heavy (non-hydrogen) atoms. The van der Waals surface area contributed by atoms with Gasteiger partial charge in [0.15, 0.2) is 6.21 Å². The minimum Gasteiger partial charge on any atom is -0.366 e. The summed E-state index contributed by atoms with van der Waals surface area (Å²) in [6.45, 7) is 6.03. The number of aromatic nitrogens is 2. The van der Waals surface area contributed by atoms with Crippen LogP contribution in [0.3, 0.4) is 0 Å². The van der Waals surface area contributed by atoms with Crippen molar-refractivity contribution in [2.45, 2.75) is 49.7 Å². The molecule has 2 saturated heterocycles. The van der Waals surface area contributed by atoms with Crippen molar-refractivity contribution in [2.24, 2.45) is 11.1 Å². The van der Waals surface area contributed by atoms with E-state index in [-0.39, 0.29) is 87.6 Å². The number of thioether (sulfide) groups is 1. The number of amides is 2. The van der Waals surface area contributed by atoms with Crippen molar-refractivity contribution >= 4 is 57.8 Å². The Morgan fingerprint density at radius 2 is 1.80 bits per heavy atom. The van der Waals surface area contributed by atoms with E-state index in [4.69, 9.17) is 11.1 Å².